The van der Waals surface area contributed by atoms with Crippen LogP contribution in [-0.2, 0) is 23.9 Å². The van der Waals surface area contributed by atoms with Crippen LogP contribution >= 0.6 is 24.4 Å². The van der Waals surface area contributed by atoms with E-state index < -0.39 is 16.9 Å². The molecular formula is C20H38O7S2. The van der Waals surface area contributed by atoms with Crippen molar-refractivity contribution >= 4 is 42.1 Å². The fraction of sp³-hybridized carbons (Fsp3) is 0.850. The summed E-state index contributed by atoms with van der Waals surface area (Å²) in [4.78, 5) is 30.8. The fourth-order valence-electron chi connectivity index (χ4n) is 2.48. The molecular weight excluding hydrogens is 416 g/mol. The van der Waals surface area contributed by atoms with Gasteiger partial charge >= 0.3 is 11.9 Å². The van der Waals surface area contributed by atoms with Crippen molar-refractivity contribution in [1.29, 1.82) is 0 Å². The zero-order valence-electron chi connectivity index (χ0n) is 18.5. The number of rotatable bonds is 8. The number of aliphatic hydroxyl groups is 1. The van der Waals surface area contributed by atoms with Gasteiger partial charge in [-0.1, -0.05) is 6.92 Å². The summed E-state index contributed by atoms with van der Waals surface area (Å²) in [6.45, 7) is 11.2. The Kier molecular flexibility index (Phi) is 17.8. The summed E-state index contributed by atoms with van der Waals surface area (Å²) in [7, 11) is 0. The van der Waals surface area contributed by atoms with Crippen LogP contribution in [0.1, 0.15) is 73.6 Å². The van der Waals surface area contributed by atoms with Gasteiger partial charge < -0.3 is 19.7 Å². The molecule has 0 saturated carbocycles. The molecule has 7 nitrogen and oxygen atoms in total. The molecule has 1 fully saturated rings. The van der Waals surface area contributed by atoms with Gasteiger partial charge in [0.25, 0.3) is 0 Å². The maximum Gasteiger partial charge on any atom is 0.313 e. The number of esters is 1. The number of aliphatic carboxylic acids is 1. The van der Waals surface area contributed by atoms with E-state index in [1.807, 2.05) is 13.8 Å². The molecule has 0 amide bonds. The predicted molar refractivity (Wildman–Crippen MR) is 120 cm³/mol. The lowest BCUT2D eigenvalue weighted by atomic mass is 10.1. The van der Waals surface area contributed by atoms with Gasteiger partial charge in [0.05, 0.1) is 25.2 Å². The molecule has 4 unspecified atom stereocenters. The first-order chi connectivity index (χ1) is 13.4. The van der Waals surface area contributed by atoms with E-state index in [1.165, 1.54) is 6.92 Å². The van der Waals surface area contributed by atoms with Gasteiger partial charge in [-0.05, 0) is 59.6 Å². The second-order valence-corrected chi connectivity index (χ2v) is 9.27. The van der Waals surface area contributed by atoms with Crippen LogP contribution in [-0.4, -0.2) is 62.7 Å². The molecule has 0 aromatic rings. The Morgan fingerprint density at radius 3 is 2.28 bits per heavy atom. The first-order valence-corrected chi connectivity index (χ1v) is 11.4. The zero-order valence-corrected chi connectivity index (χ0v) is 20.2. The number of ketones is 1. The molecule has 1 heterocycles. The summed E-state index contributed by atoms with van der Waals surface area (Å²) in [6, 6.07) is 0. The number of carbonyl (C=O) groups excluding carboxylic acids is 2. The van der Waals surface area contributed by atoms with Gasteiger partial charge in [-0.2, -0.15) is 12.6 Å². The number of thioether (sulfide) groups is 1. The van der Waals surface area contributed by atoms with E-state index in [9.17, 15) is 14.4 Å². The maximum absolute atomic E-state index is 10.7. The van der Waals surface area contributed by atoms with E-state index in [0.29, 0.717) is 11.9 Å². The summed E-state index contributed by atoms with van der Waals surface area (Å²) < 4.78 is 10.2. The Hall–Kier alpha value is -0.770. The van der Waals surface area contributed by atoms with Crippen LogP contribution in [0.5, 0.6) is 0 Å². The molecule has 172 valence electrons. The molecule has 0 aromatic carbocycles. The number of hydrogen-bond acceptors (Lipinski definition) is 8. The third-order valence-electron chi connectivity index (χ3n) is 3.63. The lowest BCUT2D eigenvalue weighted by Crippen LogP contribution is -2.39. The summed E-state index contributed by atoms with van der Waals surface area (Å²) in [5.41, 5.74) is 0. The van der Waals surface area contributed by atoms with Crippen molar-refractivity contribution in [3.05, 3.63) is 0 Å². The molecule has 4 atom stereocenters. The van der Waals surface area contributed by atoms with E-state index in [0.717, 1.165) is 25.0 Å². The molecule has 2 N–H and O–H groups in total. The highest BCUT2D eigenvalue weighted by Gasteiger charge is 2.38. The summed E-state index contributed by atoms with van der Waals surface area (Å²) in [6.07, 6.45) is 2.87. The van der Waals surface area contributed by atoms with Crippen molar-refractivity contribution in [1.82, 2.24) is 0 Å². The number of carboxylic acid groups (broad SMARTS) is 1. The molecule has 0 bridgehead atoms. The minimum absolute atomic E-state index is 0.0819. The Labute approximate surface area is 184 Å². The highest BCUT2D eigenvalue weighted by atomic mass is 32.2. The van der Waals surface area contributed by atoms with Crippen LogP contribution in [0.4, 0.5) is 0 Å². The molecule has 0 aliphatic carbocycles. The van der Waals surface area contributed by atoms with E-state index >= 15 is 0 Å². The monoisotopic (exact) mass is 454 g/mol. The second kappa shape index (κ2) is 17.0. The van der Waals surface area contributed by atoms with Crippen LogP contribution in [0.3, 0.4) is 0 Å². The standard InChI is InChI=1S/C10H18O3S.C6H10O3.C4H10OS/c1-4-8-5-7(2)13-10(3,14-8)6-9(11)12;1-3-9-6(8)4-5(2)7;1-4(5)2-3-6/h7-8H,4-6H2,1-3H3,(H,11,12);3-4H2,1-2H3;4-6H,2-3H2,1H3. The van der Waals surface area contributed by atoms with Crippen LogP contribution in [0.2, 0.25) is 0 Å². The van der Waals surface area contributed by atoms with Gasteiger partial charge in [-0.15, -0.1) is 11.8 Å². The molecule has 1 saturated heterocycles. The van der Waals surface area contributed by atoms with Gasteiger partial charge in [-0.25, -0.2) is 0 Å². The minimum Gasteiger partial charge on any atom is -0.481 e. The van der Waals surface area contributed by atoms with E-state index in [-0.39, 0.29) is 30.8 Å². The van der Waals surface area contributed by atoms with Crippen molar-refractivity contribution < 1.29 is 34.1 Å². The first-order valence-electron chi connectivity index (χ1n) is 9.90. The Balaban J connectivity index is 0. The van der Waals surface area contributed by atoms with Gasteiger partial charge in [0.15, 0.2) is 0 Å². The zero-order chi connectivity index (χ0) is 23.0. The Morgan fingerprint density at radius 1 is 1.34 bits per heavy atom. The Bertz CT molecular complexity index is 485. The van der Waals surface area contributed by atoms with Crippen molar-refractivity contribution in [2.75, 3.05) is 12.4 Å². The summed E-state index contributed by atoms with van der Waals surface area (Å²) in [5.74, 6) is -0.611. The van der Waals surface area contributed by atoms with E-state index in [4.69, 9.17) is 14.9 Å². The molecule has 9 heteroatoms. The quantitative estimate of drug-likeness (QED) is 0.289. The molecule has 1 rings (SSSR count). The summed E-state index contributed by atoms with van der Waals surface area (Å²) >= 11 is 5.56. The van der Waals surface area contributed by atoms with Crippen LogP contribution in [0, 0.1) is 0 Å². The number of carboxylic acids is 1. The summed E-state index contributed by atoms with van der Waals surface area (Å²) in [5, 5.41) is 17.8. The lowest BCUT2D eigenvalue weighted by molar-refractivity contribution is -0.145. The van der Waals surface area contributed by atoms with Crippen molar-refractivity contribution in [2.45, 2.75) is 96.0 Å². The van der Waals surface area contributed by atoms with Crippen LogP contribution in [0.15, 0.2) is 0 Å². The average molecular weight is 455 g/mol. The Morgan fingerprint density at radius 2 is 1.93 bits per heavy atom. The lowest BCUT2D eigenvalue weighted by Gasteiger charge is -2.40. The molecule has 0 spiro atoms. The number of carbonyl (C=O) groups is 3. The number of thiol groups is 1. The number of Topliss-reactive ketones (excluding diaryl/α,β-unsaturated/α-hetero) is 1. The van der Waals surface area contributed by atoms with Crippen molar-refractivity contribution in [3.8, 4) is 0 Å². The van der Waals surface area contributed by atoms with Crippen molar-refractivity contribution in [3.63, 3.8) is 0 Å². The van der Waals surface area contributed by atoms with E-state index in [2.05, 4.69) is 24.3 Å². The predicted octanol–water partition coefficient (Wildman–Crippen LogP) is 3.71. The van der Waals surface area contributed by atoms with Crippen LogP contribution < -0.4 is 0 Å². The number of aliphatic hydroxyl groups excluding tert-OH is 1. The van der Waals surface area contributed by atoms with Crippen molar-refractivity contribution in [2.24, 2.45) is 0 Å². The SMILES string of the molecule is CC(O)CCS.CCC1CC(C)OC(C)(CC(=O)O)S1.CCOC(=O)CC(C)=O. The van der Waals surface area contributed by atoms with Gasteiger partial charge in [0.1, 0.15) is 17.1 Å². The largest absolute Gasteiger partial charge is 0.481 e. The molecule has 0 radical (unpaired) electrons. The average Bonchev–Trinajstić information content (AvgIpc) is 2.53. The second-order valence-electron chi connectivity index (χ2n) is 7.06. The van der Waals surface area contributed by atoms with Crippen LogP contribution in [0.25, 0.3) is 0 Å². The molecule has 0 aromatic heterocycles. The molecule has 29 heavy (non-hydrogen) atoms. The van der Waals surface area contributed by atoms with Gasteiger partial charge in [0, 0.05) is 5.25 Å². The number of hydrogen-bond donors (Lipinski definition) is 3. The number of ether oxygens (including phenoxy) is 2. The topological polar surface area (TPSA) is 110 Å². The highest BCUT2D eigenvalue weighted by Crippen LogP contribution is 2.42. The highest BCUT2D eigenvalue weighted by molar-refractivity contribution is 8.01. The third-order valence-corrected chi connectivity index (χ3v) is 5.49. The maximum atomic E-state index is 10.7. The molecule has 1 aliphatic heterocycles. The van der Waals surface area contributed by atoms with Gasteiger partial charge in [-0.3, -0.25) is 14.4 Å². The van der Waals surface area contributed by atoms with E-state index in [1.54, 1.807) is 25.6 Å². The normalized spacial score (nSPS) is 24.1. The minimum atomic E-state index is -0.788. The third kappa shape index (κ3) is 19.0. The van der Waals surface area contributed by atoms with Gasteiger partial charge in [0.2, 0.25) is 0 Å². The molecule has 1 aliphatic rings. The fourth-order valence-corrected chi connectivity index (χ4v) is 4.52. The smallest absolute Gasteiger partial charge is 0.313 e. The first kappa shape index (κ1) is 30.4.